The van der Waals surface area contributed by atoms with Crippen LogP contribution in [0.2, 0.25) is 0 Å². The SMILES string of the molecule is CC1(C)CCC(C)(C)c2cc(N(c3ccc(-c4ccccc4)cc3)c3ccc4c(c3)C3(c5ccc(-c6ccccc6)cc5S4)C4CC5CC(C4)CC3C5)ccc21. The lowest BCUT2D eigenvalue weighted by Gasteiger charge is -2.63. The Morgan fingerprint density at radius 2 is 0.929 bits per heavy atom. The molecule has 2 heteroatoms. The molecule has 0 radical (unpaired) electrons. The van der Waals surface area contributed by atoms with Crippen LogP contribution in [0.15, 0.2) is 149 Å². The second kappa shape index (κ2) is 12.7. The first-order valence-corrected chi connectivity index (χ1v) is 22.1. The summed E-state index contributed by atoms with van der Waals surface area (Å²) in [6.45, 7) is 9.79. The monoisotopic (exact) mass is 747 g/mol. The summed E-state index contributed by atoms with van der Waals surface area (Å²) in [6.07, 6.45) is 9.39. The molecule has 4 fully saturated rings. The number of benzene rings is 6. The smallest absolute Gasteiger partial charge is 0.0465 e. The molecular formula is C54H53NS. The van der Waals surface area contributed by atoms with E-state index in [0.717, 1.165) is 11.8 Å². The Morgan fingerprint density at radius 3 is 1.57 bits per heavy atom. The summed E-state index contributed by atoms with van der Waals surface area (Å²) in [5.41, 5.74) is 15.5. The molecule has 1 nitrogen and oxygen atoms in total. The quantitative estimate of drug-likeness (QED) is 0.173. The van der Waals surface area contributed by atoms with Gasteiger partial charge in [0.25, 0.3) is 0 Å². The van der Waals surface area contributed by atoms with Crippen molar-refractivity contribution >= 4 is 28.8 Å². The van der Waals surface area contributed by atoms with Crippen LogP contribution in [0.4, 0.5) is 17.1 Å². The fourth-order valence-corrected chi connectivity index (χ4v) is 13.7. The van der Waals surface area contributed by atoms with E-state index in [1.807, 2.05) is 11.8 Å². The highest BCUT2D eigenvalue weighted by atomic mass is 32.2. The van der Waals surface area contributed by atoms with E-state index in [9.17, 15) is 0 Å². The van der Waals surface area contributed by atoms with Gasteiger partial charge < -0.3 is 4.90 Å². The summed E-state index contributed by atoms with van der Waals surface area (Å²) in [4.78, 5) is 5.52. The molecule has 0 unspecified atom stereocenters. The van der Waals surface area contributed by atoms with Gasteiger partial charge in [0.1, 0.15) is 0 Å². The molecule has 6 aliphatic rings. The molecule has 6 aromatic carbocycles. The zero-order chi connectivity index (χ0) is 37.8. The molecule has 4 bridgehead atoms. The highest BCUT2D eigenvalue weighted by molar-refractivity contribution is 7.99. The third-order valence-corrected chi connectivity index (χ3v) is 16.3. The molecule has 0 amide bonds. The van der Waals surface area contributed by atoms with Crippen LogP contribution in [0.5, 0.6) is 0 Å². The van der Waals surface area contributed by atoms with Gasteiger partial charge >= 0.3 is 0 Å². The van der Waals surface area contributed by atoms with Crippen LogP contribution in [0.25, 0.3) is 22.3 Å². The van der Waals surface area contributed by atoms with E-state index in [1.165, 1.54) is 105 Å². The minimum absolute atomic E-state index is 0.0548. The average Bonchev–Trinajstić information content (AvgIpc) is 3.22. The number of nitrogens with zero attached hydrogens (tertiary/aromatic N) is 1. The summed E-state index contributed by atoms with van der Waals surface area (Å²) >= 11 is 2.02. The Morgan fingerprint density at radius 1 is 0.429 bits per heavy atom. The van der Waals surface area contributed by atoms with Gasteiger partial charge in [0.2, 0.25) is 0 Å². The number of anilines is 3. The summed E-state index contributed by atoms with van der Waals surface area (Å²) in [7, 11) is 0. The summed E-state index contributed by atoms with van der Waals surface area (Å²) in [6, 6.07) is 53.7. The van der Waals surface area contributed by atoms with Gasteiger partial charge in [-0.3, -0.25) is 0 Å². The van der Waals surface area contributed by atoms with Crippen LogP contribution in [0.1, 0.15) is 94.9 Å². The van der Waals surface area contributed by atoms with Crippen molar-refractivity contribution in [1.29, 1.82) is 0 Å². The van der Waals surface area contributed by atoms with Crippen molar-refractivity contribution < 1.29 is 0 Å². The van der Waals surface area contributed by atoms with Gasteiger partial charge in [0.05, 0.1) is 0 Å². The second-order valence-corrected chi connectivity index (χ2v) is 20.4. The summed E-state index contributed by atoms with van der Waals surface area (Å²) in [5, 5.41) is 0. The summed E-state index contributed by atoms with van der Waals surface area (Å²) in [5.74, 6) is 3.19. The van der Waals surface area contributed by atoms with Crippen LogP contribution < -0.4 is 4.90 Å². The van der Waals surface area contributed by atoms with Crippen LogP contribution in [0, 0.1) is 23.7 Å². The van der Waals surface area contributed by atoms with Gasteiger partial charge in [-0.1, -0.05) is 130 Å². The molecule has 1 heterocycles. The predicted molar refractivity (Wildman–Crippen MR) is 236 cm³/mol. The van der Waals surface area contributed by atoms with Crippen LogP contribution in [-0.2, 0) is 16.2 Å². The van der Waals surface area contributed by atoms with Gasteiger partial charge in [-0.05, 0) is 172 Å². The van der Waals surface area contributed by atoms with Crippen molar-refractivity contribution in [3.63, 3.8) is 0 Å². The third-order valence-electron chi connectivity index (χ3n) is 15.2. The number of rotatable bonds is 5. The molecule has 0 N–H and O–H groups in total. The maximum atomic E-state index is 2.66. The van der Waals surface area contributed by atoms with Crippen molar-refractivity contribution in [2.75, 3.05) is 4.90 Å². The molecule has 5 aliphatic carbocycles. The van der Waals surface area contributed by atoms with Gasteiger partial charge in [-0.25, -0.2) is 0 Å². The van der Waals surface area contributed by atoms with Gasteiger partial charge in [0.15, 0.2) is 0 Å². The first kappa shape index (κ1) is 34.7. The van der Waals surface area contributed by atoms with Crippen molar-refractivity contribution in [1.82, 2.24) is 0 Å². The molecule has 56 heavy (non-hydrogen) atoms. The Labute approximate surface area is 338 Å². The molecular weight excluding hydrogens is 695 g/mol. The Bertz CT molecular complexity index is 2430. The standard InChI is InChI=1S/C54H53NS/c1-52(2)25-26-53(3,4)48-33-44(20-23-46(48)52)55(43-18-15-39(16-19-43)37-11-7-5-8-12-37)45-21-24-50-49(34-45)54(41-28-35-27-36(30-41)31-42(54)29-35)47-22-17-40(32-51(47)56-50)38-13-9-6-10-14-38/h5-24,32-36,41-42H,25-31H2,1-4H3. The van der Waals surface area contributed by atoms with Gasteiger partial charge in [0, 0.05) is 32.3 Å². The summed E-state index contributed by atoms with van der Waals surface area (Å²) < 4.78 is 0. The van der Waals surface area contributed by atoms with Crippen molar-refractivity contribution in [3.8, 4) is 22.3 Å². The Hall–Kier alpha value is -4.53. The van der Waals surface area contributed by atoms with E-state index in [0.29, 0.717) is 11.8 Å². The van der Waals surface area contributed by atoms with Crippen molar-refractivity contribution in [2.24, 2.45) is 23.7 Å². The van der Waals surface area contributed by atoms with Crippen molar-refractivity contribution in [3.05, 3.63) is 162 Å². The second-order valence-electron chi connectivity index (χ2n) is 19.3. The zero-order valence-corrected chi connectivity index (χ0v) is 34.2. The highest BCUT2D eigenvalue weighted by Crippen LogP contribution is 2.69. The van der Waals surface area contributed by atoms with E-state index >= 15 is 0 Å². The lowest BCUT2D eigenvalue weighted by molar-refractivity contribution is -0.0443. The molecule has 1 aliphatic heterocycles. The van der Waals surface area contributed by atoms with E-state index < -0.39 is 0 Å². The van der Waals surface area contributed by atoms with E-state index in [1.54, 1.807) is 11.1 Å². The Kier molecular flexibility index (Phi) is 7.89. The molecule has 6 aromatic rings. The topological polar surface area (TPSA) is 3.24 Å². The lowest BCUT2D eigenvalue weighted by Crippen LogP contribution is -2.57. The number of hydrogen-bond donors (Lipinski definition) is 0. The van der Waals surface area contributed by atoms with Crippen molar-refractivity contribution in [2.45, 2.75) is 98.7 Å². The molecule has 1 spiro atoms. The van der Waals surface area contributed by atoms with E-state index in [4.69, 9.17) is 0 Å². The fourth-order valence-electron chi connectivity index (χ4n) is 12.5. The van der Waals surface area contributed by atoms with Gasteiger partial charge in [-0.15, -0.1) is 0 Å². The minimum Gasteiger partial charge on any atom is -0.310 e. The number of hydrogen-bond acceptors (Lipinski definition) is 2. The normalized spacial score (nSPS) is 26.0. The number of fused-ring (bicyclic) bond motifs is 3. The molecule has 4 saturated carbocycles. The largest absolute Gasteiger partial charge is 0.310 e. The van der Waals surface area contributed by atoms with Crippen LogP contribution >= 0.6 is 11.8 Å². The molecule has 280 valence electrons. The highest BCUT2D eigenvalue weighted by Gasteiger charge is 2.60. The fraction of sp³-hybridized carbons (Fsp3) is 0.333. The maximum Gasteiger partial charge on any atom is 0.0465 e. The van der Waals surface area contributed by atoms with E-state index in [2.05, 4.69) is 172 Å². The van der Waals surface area contributed by atoms with Crippen LogP contribution in [0.3, 0.4) is 0 Å². The molecule has 0 saturated heterocycles. The third kappa shape index (κ3) is 5.34. The van der Waals surface area contributed by atoms with Crippen LogP contribution in [-0.4, -0.2) is 0 Å². The van der Waals surface area contributed by atoms with E-state index in [-0.39, 0.29) is 16.2 Å². The minimum atomic E-state index is 0.0548. The zero-order valence-electron chi connectivity index (χ0n) is 33.4. The lowest BCUT2D eigenvalue weighted by atomic mass is 9.42. The Balaban J connectivity index is 1.10. The maximum absolute atomic E-state index is 2.66. The molecule has 12 rings (SSSR count). The van der Waals surface area contributed by atoms with Gasteiger partial charge in [-0.2, -0.15) is 0 Å². The molecule has 0 atom stereocenters. The predicted octanol–water partition coefficient (Wildman–Crippen LogP) is 15.0. The first-order chi connectivity index (χ1) is 27.2. The average molecular weight is 748 g/mol. The first-order valence-electron chi connectivity index (χ1n) is 21.3. The molecule has 0 aromatic heterocycles.